The third kappa shape index (κ3) is 7.97. The fourth-order valence-corrected chi connectivity index (χ4v) is 12.7. The van der Waals surface area contributed by atoms with Gasteiger partial charge in [0.25, 0.3) is 0 Å². The number of nitrogens with one attached hydrogen (secondary N) is 2. The van der Waals surface area contributed by atoms with Crippen LogP contribution in [0.25, 0.3) is 21.3 Å². The Morgan fingerprint density at radius 3 is 2.43 bits per heavy atom. The van der Waals surface area contributed by atoms with E-state index in [1.165, 1.54) is 17.8 Å². The zero-order chi connectivity index (χ0) is 42.1. The number of benzene rings is 1. The molecule has 5 aromatic rings. The van der Waals surface area contributed by atoms with Crippen molar-refractivity contribution in [2.45, 2.75) is 111 Å². The first-order valence-corrected chi connectivity index (χ1v) is 21.8. The molecule has 2 unspecified atom stereocenters. The van der Waals surface area contributed by atoms with Gasteiger partial charge in [0.15, 0.2) is 22.4 Å². The molecule has 4 saturated carbocycles. The van der Waals surface area contributed by atoms with E-state index >= 15 is 0 Å². The molecular formula is C45H54N8O6S. The number of carboxylic acids is 1. The normalized spacial score (nSPS) is 27.8. The highest BCUT2D eigenvalue weighted by Crippen LogP contribution is 2.72. The molecule has 0 radical (unpaired) electrons. The third-order valence-electron chi connectivity index (χ3n) is 13.0. The van der Waals surface area contributed by atoms with Gasteiger partial charge in [0, 0.05) is 29.9 Å². The second-order valence-corrected chi connectivity index (χ2v) is 20.1. The third-order valence-corrected chi connectivity index (χ3v) is 13.9. The topological polar surface area (TPSA) is 176 Å². The van der Waals surface area contributed by atoms with E-state index in [1.807, 2.05) is 56.6 Å². The number of aromatic carboxylic acids is 1. The molecule has 5 fully saturated rings. The molecule has 4 aliphatic carbocycles. The van der Waals surface area contributed by atoms with E-state index in [0.29, 0.717) is 40.9 Å². The van der Waals surface area contributed by atoms with Crippen LogP contribution in [0.3, 0.4) is 0 Å². The predicted molar refractivity (Wildman–Crippen MR) is 228 cm³/mol. The van der Waals surface area contributed by atoms with Gasteiger partial charge in [0.2, 0.25) is 5.78 Å². The molecule has 5 heterocycles. The van der Waals surface area contributed by atoms with Gasteiger partial charge in [0.05, 0.1) is 41.3 Å². The van der Waals surface area contributed by atoms with Crippen LogP contribution in [0.1, 0.15) is 111 Å². The minimum atomic E-state index is -1.23. The standard InChI is InChI=1S/C45H54N8O6S/c1-27-17-34(51-52-38(27)50-40-49-32-9-7-8-10-35(32)60-40)37(54)33-12-11-30(36(48-33)39(55)56)31-18-47-53(28(31)2)26-44-21-42(5)20-43(6,22-44)24-45(23-42,25-44)57-16-15-46-14-13-29-19-58-41(3,4)59-29/h7-12,17-18,29,46H,13-16,19-26H2,1-6H3,(H,55,56)(H,49,50,52)/t29-,42-,43+,44?,45?/m0/s1. The van der Waals surface area contributed by atoms with Crippen molar-refractivity contribution in [1.82, 2.24) is 35.3 Å². The number of aromatic nitrogens is 6. The Morgan fingerprint density at radius 2 is 1.72 bits per heavy atom. The Hall–Kier alpha value is -4.67. The Bertz CT molecular complexity index is 2430. The summed E-state index contributed by atoms with van der Waals surface area (Å²) in [5.41, 5.74) is 3.48. The van der Waals surface area contributed by atoms with Gasteiger partial charge in [-0.1, -0.05) is 37.3 Å². The Balaban J connectivity index is 0.886. The molecule has 4 bridgehead atoms. The smallest absolute Gasteiger partial charge is 0.355 e. The van der Waals surface area contributed by atoms with Crippen LogP contribution in [0.4, 0.5) is 10.9 Å². The predicted octanol–water partition coefficient (Wildman–Crippen LogP) is 7.90. The first-order valence-electron chi connectivity index (χ1n) is 21.0. The maximum Gasteiger partial charge on any atom is 0.355 e. The van der Waals surface area contributed by atoms with Crippen LogP contribution < -0.4 is 10.6 Å². The summed E-state index contributed by atoms with van der Waals surface area (Å²) in [5.74, 6) is -1.78. The SMILES string of the molecule is Cc1cc(C(=O)c2ccc(-c3cnn(CC45CC6(OCCNCC[C@H]7COC(C)(C)O7)C[C@](C)(C4)C[C@](C)(C5)C6)c3C)c(C(=O)O)n2)nnc1Nc1nc2ccccc2s1. The van der Waals surface area contributed by atoms with Crippen LogP contribution in [0, 0.1) is 30.1 Å². The fourth-order valence-electron chi connectivity index (χ4n) is 11.8. The van der Waals surface area contributed by atoms with Crippen LogP contribution in [-0.4, -0.2) is 90.6 Å². The van der Waals surface area contributed by atoms with Crippen LogP contribution in [0.2, 0.25) is 0 Å². The van der Waals surface area contributed by atoms with E-state index in [1.54, 1.807) is 24.4 Å². The molecule has 316 valence electrons. The van der Waals surface area contributed by atoms with Crippen molar-refractivity contribution in [3.05, 3.63) is 77.0 Å². The number of carboxylic acid groups (broad SMARTS) is 1. The van der Waals surface area contributed by atoms with Gasteiger partial charge in [-0.2, -0.15) is 5.10 Å². The second-order valence-electron chi connectivity index (χ2n) is 19.1. The summed E-state index contributed by atoms with van der Waals surface area (Å²) in [6.07, 6.45) is 9.27. The summed E-state index contributed by atoms with van der Waals surface area (Å²) >= 11 is 1.49. The van der Waals surface area contributed by atoms with E-state index in [9.17, 15) is 14.7 Å². The molecule has 14 nitrogen and oxygen atoms in total. The number of nitrogens with zero attached hydrogens (tertiary/aromatic N) is 6. The molecule has 1 aromatic carbocycles. The van der Waals surface area contributed by atoms with Gasteiger partial charge in [0.1, 0.15) is 11.4 Å². The number of anilines is 2. The van der Waals surface area contributed by atoms with Gasteiger partial charge in [-0.15, -0.1) is 10.2 Å². The number of hydrogen-bond donors (Lipinski definition) is 3. The lowest BCUT2D eigenvalue weighted by molar-refractivity contribution is -0.247. The van der Waals surface area contributed by atoms with Crippen molar-refractivity contribution in [3.63, 3.8) is 0 Å². The molecule has 15 heteroatoms. The first-order chi connectivity index (χ1) is 28.5. The maximum absolute atomic E-state index is 13.7. The molecule has 10 rings (SSSR count). The number of carbonyl (C=O) groups excluding carboxylic acids is 1. The number of para-hydroxylation sites is 1. The van der Waals surface area contributed by atoms with Gasteiger partial charge in [-0.3, -0.25) is 9.48 Å². The van der Waals surface area contributed by atoms with E-state index in [-0.39, 0.29) is 45.0 Å². The molecule has 4 aromatic heterocycles. The number of hydrogen-bond acceptors (Lipinski definition) is 13. The minimum absolute atomic E-state index is 0.00484. The molecule has 3 N–H and O–H groups in total. The number of ether oxygens (including phenoxy) is 3. The molecule has 5 atom stereocenters. The number of fused-ring (bicyclic) bond motifs is 1. The molecule has 0 amide bonds. The Labute approximate surface area is 353 Å². The zero-order valence-corrected chi connectivity index (χ0v) is 36.1. The number of thiazole rings is 1. The Morgan fingerprint density at radius 1 is 0.933 bits per heavy atom. The van der Waals surface area contributed by atoms with Crippen molar-refractivity contribution in [2.75, 3.05) is 31.6 Å². The highest BCUT2D eigenvalue weighted by atomic mass is 32.1. The van der Waals surface area contributed by atoms with E-state index in [4.69, 9.17) is 19.3 Å². The molecule has 60 heavy (non-hydrogen) atoms. The zero-order valence-electron chi connectivity index (χ0n) is 35.3. The van der Waals surface area contributed by atoms with Crippen LogP contribution >= 0.6 is 11.3 Å². The average Bonchev–Trinajstić information content (AvgIpc) is 3.86. The molecule has 0 spiro atoms. The highest BCUT2D eigenvalue weighted by molar-refractivity contribution is 7.22. The van der Waals surface area contributed by atoms with Crippen LogP contribution in [-0.2, 0) is 20.8 Å². The maximum atomic E-state index is 13.7. The van der Waals surface area contributed by atoms with Gasteiger partial charge >= 0.3 is 5.97 Å². The van der Waals surface area contributed by atoms with Crippen molar-refractivity contribution >= 4 is 44.3 Å². The fraction of sp³-hybridized carbons (Fsp3) is 0.533. The first kappa shape index (κ1) is 40.7. The number of rotatable bonds is 15. The summed E-state index contributed by atoms with van der Waals surface area (Å²) in [7, 11) is 0. The summed E-state index contributed by atoms with van der Waals surface area (Å²) in [6, 6.07) is 12.7. The second kappa shape index (κ2) is 15.0. The van der Waals surface area contributed by atoms with Crippen molar-refractivity contribution in [3.8, 4) is 11.1 Å². The van der Waals surface area contributed by atoms with Crippen LogP contribution in [0.5, 0.6) is 0 Å². The molecular weight excluding hydrogens is 781 g/mol. The Kier molecular flexibility index (Phi) is 10.2. The summed E-state index contributed by atoms with van der Waals surface area (Å²) in [4.78, 5) is 35.4. The highest BCUT2D eigenvalue weighted by Gasteiger charge is 2.66. The average molecular weight is 835 g/mol. The van der Waals surface area contributed by atoms with Crippen molar-refractivity contribution in [2.24, 2.45) is 16.2 Å². The number of aryl methyl sites for hydroxylation is 1. The molecule has 1 aliphatic heterocycles. The van der Waals surface area contributed by atoms with Crippen molar-refractivity contribution in [1.29, 1.82) is 0 Å². The van der Waals surface area contributed by atoms with Gasteiger partial charge < -0.3 is 30.0 Å². The lowest BCUT2D eigenvalue weighted by Crippen LogP contribution is -2.64. The van der Waals surface area contributed by atoms with E-state index in [0.717, 1.165) is 74.1 Å². The van der Waals surface area contributed by atoms with E-state index in [2.05, 4.69) is 44.6 Å². The summed E-state index contributed by atoms with van der Waals surface area (Å²) in [6.45, 7) is 16.3. The summed E-state index contributed by atoms with van der Waals surface area (Å²) in [5, 5.41) is 31.1. The van der Waals surface area contributed by atoms with Crippen molar-refractivity contribution < 1.29 is 28.9 Å². The number of ketones is 1. The molecule has 1 saturated heterocycles. The number of carbonyl (C=O) groups is 2. The molecule has 5 aliphatic rings. The lowest BCUT2D eigenvalue weighted by atomic mass is 9.39. The van der Waals surface area contributed by atoms with Gasteiger partial charge in [-0.05, 0) is 131 Å². The largest absolute Gasteiger partial charge is 0.476 e. The number of pyridine rings is 1. The summed E-state index contributed by atoms with van der Waals surface area (Å²) < 4.78 is 21.7. The van der Waals surface area contributed by atoms with Crippen LogP contribution in [0.15, 0.2) is 48.7 Å². The minimum Gasteiger partial charge on any atom is -0.476 e. The quantitative estimate of drug-likeness (QED) is 0.0686. The monoisotopic (exact) mass is 834 g/mol. The van der Waals surface area contributed by atoms with Gasteiger partial charge in [-0.25, -0.2) is 14.8 Å². The lowest BCUT2D eigenvalue weighted by Gasteiger charge is -2.69. The van der Waals surface area contributed by atoms with E-state index < -0.39 is 17.5 Å².